The first-order chi connectivity index (χ1) is 5.04. The number of hydrogen-bond acceptors (Lipinski definition) is 4. The van der Waals surface area contributed by atoms with E-state index in [0.717, 1.165) is 0 Å². The Morgan fingerprint density at radius 3 is 1.73 bits per heavy atom. The molecule has 1 aromatic rings. The van der Waals surface area contributed by atoms with Crippen molar-refractivity contribution in [2.24, 2.45) is 14.1 Å². The highest BCUT2D eigenvalue weighted by atomic mass is 16.5. The highest BCUT2D eigenvalue weighted by Crippen LogP contribution is 1.56. The Labute approximate surface area is 60.3 Å². The Balaban J connectivity index is 3.89. The molecule has 1 aromatic heterocycles. The minimum Gasteiger partial charge on any atom is -0.358 e. The molecular weight excluding hydrogens is 152 g/mol. The normalized spacial score (nSPS) is 10.0. The van der Waals surface area contributed by atoms with E-state index in [1.807, 2.05) is 0 Å². The van der Waals surface area contributed by atoms with Crippen LogP contribution in [0.4, 0.5) is 0 Å². The van der Waals surface area contributed by atoms with Crippen LogP contribution in [-0.2, 0) is 14.1 Å². The summed E-state index contributed by atoms with van der Waals surface area (Å²) in [5.41, 5.74) is -0.689. The van der Waals surface area contributed by atoms with Gasteiger partial charge in [-0.05, 0) is 0 Å². The molecule has 0 atom stereocenters. The van der Waals surface area contributed by atoms with Gasteiger partial charge in [0.15, 0.2) is 0 Å². The number of hydrogen-bond donors (Lipinski definition) is 0. The Hall–Kier alpha value is -1.59. The molecule has 0 aliphatic heterocycles. The van der Waals surface area contributed by atoms with Gasteiger partial charge in [0.1, 0.15) is 0 Å². The van der Waals surface area contributed by atoms with Gasteiger partial charge in [0.2, 0.25) is 0 Å². The Morgan fingerprint density at radius 1 is 1.00 bits per heavy atom. The molecule has 0 aromatic carbocycles. The van der Waals surface area contributed by atoms with Gasteiger partial charge in [0.25, 0.3) is 0 Å². The number of nitrogens with zero attached hydrogens (tertiary/aromatic N) is 2. The number of rotatable bonds is 0. The third-order valence-corrected chi connectivity index (χ3v) is 1.30. The molecule has 0 N–H and O–H groups in total. The first-order valence-corrected chi connectivity index (χ1v) is 2.81. The summed E-state index contributed by atoms with van der Waals surface area (Å²) in [6.07, 6.45) is 0. The predicted octanol–water partition coefficient (Wildman–Crippen LogP) is -1.96. The zero-order valence-electron chi connectivity index (χ0n) is 6.03. The maximum atomic E-state index is 10.9. The molecule has 1 rings (SSSR count). The molecule has 0 aliphatic carbocycles. The fraction of sp³-hybridized carbons (Fsp3) is 0.400. The van der Waals surface area contributed by atoms with Gasteiger partial charge in [-0.2, -0.15) is 0 Å². The lowest BCUT2D eigenvalue weighted by atomic mass is 10.9. The van der Waals surface area contributed by atoms with Gasteiger partial charge < -0.3 is 4.42 Å². The second-order valence-corrected chi connectivity index (χ2v) is 2.03. The second-order valence-electron chi connectivity index (χ2n) is 2.03. The predicted molar refractivity (Wildman–Crippen MR) is 35.5 cm³/mol. The Bertz CT molecular complexity index is 398. The molecule has 0 bridgehead atoms. The zero-order valence-corrected chi connectivity index (χ0v) is 6.03. The summed E-state index contributed by atoms with van der Waals surface area (Å²) in [4.78, 5) is 32.1. The molecule has 0 radical (unpaired) electrons. The molecular formula is C5H6N2O4. The van der Waals surface area contributed by atoms with Gasteiger partial charge in [-0.3, -0.25) is 0 Å². The van der Waals surface area contributed by atoms with E-state index in [1.165, 1.54) is 14.1 Å². The van der Waals surface area contributed by atoms with Crippen LogP contribution in [0.25, 0.3) is 0 Å². The molecule has 0 saturated carbocycles. The fourth-order valence-corrected chi connectivity index (χ4v) is 0.593. The average Bonchev–Trinajstić information content (AvgIpc) is 1.97. The van der Waals surface area contributed by atoms with Crippen LogP contribution in [0.15, 0.2) is 18.8 Å². The molecule has 11 heavy (non-hydrogen) atoms. The third-order valence-electron chi connectivity index (χ3n) is 1.30. The minimum absolute atomic E-state index is 0.689. The standard InChI is InChI=1S/C5H6N2O4/c1-6-3(8)7(2)5(10)11-4(6)9/h1-2H3. The van der Waals surface area contributed by atoms with Crippen molar-refractivity contribution in [1.82, 2.24) is 9.13 Å². The fourth-order valence-electron chi connectivity index (χ4n) is 0.593. The second kappa shape index (κ2) is 2.22. The van der Waals surface area contributed by atoms with Crippen molar-refractivity contribution in [3.8, 4) is 0 Å². The van der Waals surface area contributed by atoms with E-state index in [-0.39, 0.29) is 0 Å². The molecule has 0 unspecified atom stereocenters. The van der Waals surface area contributed by atoms with E-state index in [4.69, 9.17) is 0 Å². The lowest BCUT2D eigenvalue weighted by Crippen LogP contribution is -2.43. The summed E-state index contributed by atoms with van der Waals surface area (Å²) in [6.45, 7) is 0. The van der Waals surface area contributed by atoms with Crippen LogP contribution in [0.5, 0.6) is 0 Å². The third kappa shape index (κ3) is 1.02. The maximum absolute atomic E-state index is 10.9. The summed E-state index contributed by atoms with van der Waals surface area (Å²) in [7, 11) is 2.46. The lowest BCUT2D eigenvalue weighted by Gasteiger charge is -1.94. The highest BCUT2D eigenvalue weighted by molar-refractivity contribution is 4.64. The lowest BCUT2D eigenvalue weighted by molar-refractivity contribution is 0.351. The van der Waals surface area contributed by atoms with Crippen molar-refractivity contribution >= 4 is 0 Å². The Morgan fingerprint density at radius 2 is 1.36 bits per heavy atom. The summed E-state index contributed by atoms with van der Waals surface area (Å²) < 4.78 is 5.55. The van der Waals surface area contributed by atoms with Gasteiger partial charge in [-0.15, -0.1) is 0 Å². The quantitative estimate of drug-likeness (QED) is 0.439. The average molecular weight is 158 g/mol. The zero-order chi connectivity index (χ0) is 8.59. The Kier molecular flexibility index (Phi) is 1.52. The van der Waals surface area contributed by atoms with Crippen LogP contribution in [0.3, 0.4) is 0 Å². The molecule has 0 spiro atoms. The van der Waals surface area contributed by atoms with Crippen LogP contribution >= 0.6 is 0 Å². The maximum Gasteiger partial charge on any atom is 0.426 e. The molecule has 6 heteroatoms. The first kappa shape index (κ1) is 7.52. The monoisotopic (exact) mass is 158 g/mol. The van der Waals surface area contributed by atoms with Crippen LogP contribution < -0.4 is 17.2 Å². The van der Waals surface area contributed by atoms with E-state index < -0.39 is 17.2 Å². The van der Waals surface area contributed by atoms with E-state index >= 15 is 0 Å². The van der Waals surface area contributed by atoms with Crippen molar-refractivity contribution in [2.75, 3.05) is 0 Å². The largest absolute Gasteiger partial charge is 0.426 e. The smallest absolute Gasteiger partial charge is 0.358 e. The van der Waals surface area contributed by atoms with Gasteiger partial charge in [0.05, 0.1) is 0 Å². The molecule has 1 heterocycles. The summed E-state index contributed by atoms with van der Waals surface area (Å²) in [5.74, 6) is -1.89. The summed E-state index contributed by atoms with van der Waals surface area (Å²) >= 11 is 0. The topological polar surface area (TPSA) is 74.2 Å². The molecule has 60 valence electrons. The van der Waals surface area contributed by atoms with Crippen molar-refractivity contribution in [3.63, 3.8) is 0 Å². The van der Waals surface area contributed by atoms with Gasteiger partial charge in [-0.1, -0.05) is 0 Å². The van der Waals surface area contributed by atoms with Crippen LogP contribution in [-0.4, -0.2) is 9.13 Å². The molecule has 0 fully saturated rings. The molecule has 0 amide bonds. The van der Waals surface area contributed by atoms with Crippen LogP contribution in [0.2, 0.25) is 0 Å². The van der Waals surface area contributed by atoms with Gasteiger partial charge in [-0.25, -0.2) is 23.5 Å². The van der Waals surface area contributed by atoms with E-state index in [1.54, 1.807) is 0 Å². The highest BCUT2D eigenvalue weighted by Gasteiger charge is 2.02. The summed E-state index contributed by atoms with van der Waals surface area (Å²) in [6, 6.07) is 0. The van der Waals surface area contributed by atoms with E-state index in [0.29, 0.717) is 9.13 Å². The summed E-state index contributed by atoms with van der Waals surface area (Å²) in [5, 5.41) is 0. The van der Waals surface area contributed by atoms with Crippen molar-refractivity contribution in [3.05, 3.63) is 31.6 Å². The van der Waals surface area contributed by atoms with Crippen molar-refractivity contribution in [1.29, 1.82) is 0 Å². The molecule has 6 nitrogen and oxygen atoms in total. The van der Waals surface area contributed by atoms with Crippen molar-refractivity contribution < 1.29 is 4.42 Å². The molecule has 0 saturated heterocycles. The SMILES string of the molecule is Cn1c(=O)oc(=O)n(C)c1=O. The molecule has 0 aliphatic rings. The van der Waals surface area contributed by atoms with E-state index in [9.17, 15) is 14.4 Å². The van der Waals surface area contributed by atoms with Gasteiger partial charge in [0, 0.05) is 14.1 Å². The van der Waals surface area contributed by atoms with Crippen LogP contribution in [0.1, 0.15) is 0 Å². The van der Waals surface area contributed by atoms with Gasteiger partial charge >= 0.3 is 17.2 Å². The minimum atomic E-state index is -0.946. The van der Waals surface area contributed by atoms with Crippen molar-refractivity contribution in [2.45, 2.75) is 0 Å². The first-order valence-electron chi connectivity index (χ1n) is 2.81. The number of aromatic nitrogens is 2. The van der Waals surface area contributed by atoms with Crippen LogP contribution in [0, 0.1) is 0 Å². The van der Waals surface area contributed by atoms with E-state index in [2.05, 4.69) is 4.42 Å².